The average Bonchev–Trinajstić information content (AvgIpc) is 2.52. The molecule has 0 bridgehead atoms. The lowest BCUT2D eigenvalue weighted by molar-refractivity contribution is -0.122. The third-order valence-electron chi connectivity index (χ3n) is 4.10. The van der Waals surface area contributed by atoms with E-state index in [4.69, 9.17) is 4.74 Å². The lowest BCUT2D eigenvalue weighted by Crippen LogP contribution is -2.37. The summed E-state index contributed by atoms with van der Waals surface area (Å²) in [5, 5.41) is 5.36. The lowest BCUT2D eigenvalue weighted by Gasteiger charge is -2.27. The predicted molar refractivity (Wildman–Crippen MR) is 89.1 cm³/mol. The van der Waals surface area contributed by atoms with Gasteiger partial charge in [0.15, 0.2) is 0 Å². The van der Waals surface area contributed by atoms with Crippen molar-refractivity contribution in [2.24, 2.45) is 5.92 Å². The van der Waals surface area contributed by atoms with Gasteiger partial charge in [0, 0.05) is 11.8 Å². The van der Waals surface area contributed by atoms with E-state index in [0.29, 0.717) is 18.9 Å². The minimum absolute atomic E-state index is 0.0643. The Balaban J connectivity index is 1.70. The van der Waals surface area contributed by atoms with Gasteiger partial charge in [-0.3, -0.25) is 4.79 Å². The Hall–Kier alpha value is -2.03. The quantitative estimate of drug-likeness (QED) is 0.934. The topological polar surface area (TPSA) is 38.3 Å². The highest BCUT2D eigenvalue weighted by Crippen LogP contribution is 2.35. The third-order valence-corrected chi connectivity index (χ3v) is 4.10. The maximum atomic E-state index is 11.8. The van der Waals surface area contributed by atoms with Crippen molar-refractivity contribution in [3.8, 4) is 5.75 Å². The van der Waals surface area contributed by atoms with Gasteiger partial charge in [-0.05, 0) is 29.7 Å². The van der Waals surface area contributed by atoms with E-state index in [1.54, 1.807) is 0 Å². The molecule has 0 aromatic heterocycles. The number of hydrogen-bond donors (Lipinski definition) is 1. The summed E-state index contributed by atoms with van der Waals surface area (Å²) in [4.78, 5) is 11.8. The largest absolute Gasteiger partial charge is 0.488 e. The number of fused-ring (bicyclic) bond motifs is 3. The molecular weight excluding hydrogens is 274 g/mol. The van der Waals surface area contributed by atoms with Crippen molar-refractivity contribution >= 4 is 16.7 Å². The number of benzene rings is 2. The van der Waals surface area contributed by atoms with Crippen LogP contribution >= 0.6 is 0 Å². The molecule has 0 aliphatic carbocycles. The van der Waals surface area contributed by atoms with Crippen LogP contribution in [0.1, 0.15) is 32.3 Å². The Morgan fingerprint density at radius 1 is 1.27 bits per heavy atom. The number of hydrogen-bond acceptors (Lipinski definition) is 2. The molecule has 0 saturated carbocycles. The second-order valence-electron chi connectivity index (χ2n) is 6.46. The lowest BCUT2D eigenvalue weighted by atomic mass is 9.97. The third kappa shape index (κ3) is 3.24. The molecule has 3 nitrogen and oxygen atoms in total. The second-order valence-corrected chi connectivity index (χ2v) is 6.46. The maximum Gasteiger partial charge on any atom is 0.220 e. The Morgan fingerprint density at radius 3 is 2.91 bits per heavy atom. The summed E-state index contributed by atoms with van der Waals surface area (Å²) >= 11 is 0. The van der Waals surface area contributed by atoms with E-state index in [-0.39, 0.29) is 12.0 Å². The van der Waals surface area contributed by atoms with Crippen LogP contribution in [0.3, 0.4) is 0 Å². The summed E-state index contributed by atoms with van der Waals surface area (Å²) in [6.45, 7) is 4.70. The Labute approximate surface area is 131 Å². The van der Waals surface area contributed by atoms with Gasteiger partial charge in [-0.1, -0.05) is 50.2 Å². The molecule has 0 fully saturated rings. The standard InChI is InChI=1S/C19H23NO2/c1-13(2)11-18(21)20-12-16-10-9-15-8-7-14-5-3-4-6-17(14)19(15)22-16/h3-8,13,16H,9-12H2,1-2H3,(H,20,21). The number of aryl methyl sites for hydroxylation is 1. The van der Waals surface area contributed by atoms with Crippen molar-refractivity contribution in [1.29, 1.82) is 0 Å². The molecule has 116 valence electrons. The molecule has 1 amide bonds. The van der Waals surface area contributed by atoms with Gasteiger partial charge in [-0.15, -0.1) is 0 Å². The summed E-state index contributed by atoms with van der Waals surface area (Å²) in [5.74, 6) is 1.49. The van der Waals surface area contributed by atoms with Crippen molar-refractivity contribution in [3.05, 3.63) is 42.0 Å². The van der Waals surface area contributed by atoms with E-state index in [0.717, 1.165) is 18.6 Å². The molecule has 0 saturated heterocycles. The molecular formula is C19H23NO2. The molecule has 2 aromatic carbocycles. The van der Waals surface area contributed by atoms with E-state index >= 15 is 0 Å². The summed E-state index contributed by atoms with van der Waals surface area (Å²) in [7, 11) is 0. The van der Waals surface area contributed by atoms with Gasteiger partial charge < -0.3 is 10.1 Å². The zero-order valence-electron chi connectivity index (χ0n) is 13.3. The SMILES string of the molecule is CC(C)CC(=O)NCC1CCc2ccc3ccccc3c2O1. The smallest absolute Gasteiger partial charge is 0.220 e. The normalized spacial score (nSPS) is 17.1. The summed E-state index contributed by atoms with van der Waals surface area (Å²) in [6.07, 6.45) is 2.60. The fraction of sp³-hybridized carbons (Fsp3) is 0.421. The molecule has 1 aliphatic heterocycles. The zero-order chi connectivity index (χ0) is 15.5. The Bertz CT molecular complexity index is 678. The molecule has 3 heteroatoms. The highest BCUT2D eigenvalue weighted by Gasteiger charge is 2.22. The molecule has 1 N–H and O–H groups in total. The first-order valence-corrected chi connectivity index (χ1v) is 8.07. The van der Waals surface area contributed by atoms with E-state index in [9.17, 15) is 4.79 Å². The number of amides is 1. The van der Waals surface area contributed by atoms with Crippen LogP contribution in [0.15, 0.2) is 36.4 Å². The number of ether oxygens (including phenoxy) is 1. The van der Waals surface area contributed by atoms with Crippen LogP contribution in [-0.2, 0) is 11.2 Å². The molecule has 1 aliphatic rings. The van der Waals surface area contributed by atoms with Crippen molar-refractivity contribution < 1.29 is 9.53 Å². The Kier molecular flexibility index (Phi) is 4.32. The van der Waals surface area contributed by atoms with Crippen LogP contribution in [0.2, 0.25) is 0 Å². The van der Waals surface area contributed by atoms with Crippen LogP contribution in [0.4, 0.5) is 0 Å². The second kappa shape index (κ2) is 6.39. The molecule has 0 spiro atoms. The first kappa shape index (κ1) is 14.9. The van der Waals surface area contributed by atoms with Gasteiger partial charge >= 0.3 is 0 Å². The fourth-order valence-corrected chi connectivity index (χ4v) is 2.98. The summed E-state index contributed by atoms with van der Waals surface area (Å²) in [5.41, 5.74) is 1.27. The van der Waals surface area contributed by atoms with Crippen molar-refractivity contribution in [2.75, 3.05) is 6.54 Å². The van der Waals surface area contributed by atoms with E-state index in [2.05, 4.69) is 43.4 Å². The van der Waals surface area contributed by atoms with Crippen molar-refractivity contribution in [3.63, 3.8) is 0 Å². The van der Waals surface area contributed by atoms with Crippen LogP contribution in [0.25, 0.3) is 10.8 Å². The van der Waals surface area contributed by atoms with Crippen LogP contribution in [0, 0.1) is 5.92 Å². The Morgan fingerprint density at radius 2 is 2.09 bits per heavy atom. The predicted octanol–water partition coefficient (Wildman–Crippen LogP) is 3.70. The van der Waals surface area contributed by atoms with Gasteiger partial charge in [0.25, 0.3) is 0 Å². The van der Waals surface area contributed by atoms with Gasteiger partial charge in [0.2, 0.25) is 5.91 Å². The van der Waals surface area contributed by atoms with E-state index < -0.39 is 0 Å². The van der Waals surface area contributed by atoms with E-state index in [1.165, 1.54) is 16.3 Å². The first-order chi connectivity index (χ1) is 10.6. The molecule has 22 heavy (non-hydrogen) atoms. The van der Waals surface area contributed by atoms with Gasteiger partial charge in [-0.2, -0.15) is 0 Å². The molecule has 3 rings (SSSR count). The van der Waals surface area contributed by atoms with Crippen molar-refractivity contribution in [2.45, 2.75) is 39.2 Å². The maximum absolute atomic E-state index is 11.8. The molecule has 1 unspecified atom stereocenters. The molecule has 1 atom stereocenters. The molecule has 1 heterocycles. The van der Waals surface area contributed by atoms with Gasteiger partial charge in [0.05, 0.1) is 6.54 Å². The van der Waals surface area contributed by atoms with Crippen molar-refractivity contribution in [1.82, 2.24) is 5.32 Å². The van der Waals surface area contributed by atoms with E-state index in [1.807, 2.05) is 12.1 Å². The van der Waals surface area contributed by atoms with Crippen LogP contribution in [0.5, 0.6) is 5.75 Å². The fourth-order valence-electron chi connectivity index (χ4n) is 2.98. The number of carbonyl (C=O) groups is 1. The minimum atomic E-state index is 0.0643. The van der Waals surface area contributed by atoms with Crippen LogP contribution < -0.4 is 10.1 Å². The zero-order valence-corrected chi connectivity index (χ0v) is 13.3. The molecule has 2 aromatic rings. The number of rotatable bonds is 4. The summed E-state index contributed by atoms with van der Waals surface area (Å²) in [6, 6.07) is 12.6. The number of nitrogens with one attached hydrogen (secondary N) is 1. The molecule has 0 radical (unpaired) electrons. The van der Waals surface area contributed by atoms with Gasteiger partial charge in [-0.25, -0.2) is 0 Å². The summed E-state index contributed by atoms with van der Waals surface area (Å²) < 4.78 is 6.19. The van der Waals surface area contributed by atoms with Crippen LogP contribution in [-0.4, -0.2) is 18.6 Å². The highest BCUT2D eigenvalue weighted by atomic mass is 16.5. The minimum Gasteiger partial charge on any atom is -0.488 e. The monoisotopic (exact) mass is 297 g/mol. The average molecular weight is 297 g/mol. The highest BCUT2D eigenvalue weighted by molar-refractivity contribution is 5.89. The number of carbonyl (C=O) groups excluding carboxylic acids is 1. The first-order valence-electron chi connectivity index (χ1n) is 8.07. The van der Waals surface area contributed by atoms with Gasteiger partial charge in [0.1, 0.15) is 11.9 Å².